The summed E-state index contributed by atoms with van der Waals surface area (Å²) in [5.41, 5.74) is 1.75. The molecule has 29 heavy (non-hydrogen) atoms. The summed E-state index contributed by atoms with van der Waals surface area (Å²) in [6.45, 7) is 0. The van der Waals surface area contributed by atoms with Gasteiger partial charge < -0.3 is 4.98 Å². The fraction of sp³-hybridized carbons (Fsp3) is 0.0556. The lowest BCUT2D eigenvalue weighted by Gasteiger charge is -2.06. The minimum atomic E-state index is -3.79. The molecule has 4 aromatic rings. The fourth-order valence-electron chi connectivity index (χ4n) is 2.66. The van der Waals surface area contributed by atoms with Crippen molar-refractivity contribution in [2.75, 3.05) is 0 Å². The predicted molar refractivity (Wildman–Crippen MR) is 115 cm³/mol. The number of thioether (sulfide) groups is 1. The van der Waals surface area contributed by atoms with Crippen LogP contribution in [-0.2, 0) is 15.8 Å². The topological polar surface area (TPSA) is 124 Å². The smallest absolute Gasteiger partial charge is 0.262 e. The number of hydrogen-bond donors (Lipinski definition) is 2. The van der Waals surface area contributed by atoms with Crippen molar-refractivity contribution >= 4 is 48.7 Å². The van der Waals surface area contributed by atoms with Crippen LogP contribution in [0.1, 0.15) is 5.56 Å². The quantitative estimate of drug-likeness (QED) is 0.326. The number of nitrogens with one attached hydrogen (secondary N) is 1. The minimum Gasteiger partial charge on any atom is -0.301 e. The zero-order valence-corrected chi connectivity index (χ0v) is 18.0. The molecule has 0 saturated carbocycles. The van der Waals surface area contributed by atoms with Gasteiger partial charge in [-0.15, -0.1) is 0 Å². The second-order valence-corrected chi connectivity index (χ2v) is 9.56. The molecule has 0 spiro atoms. The van der Waals surface area contributed by atoms with Crippen LogP contribution in [0.15, 0.2) is 74.0 Å². The van der Waals surface area contributed by atoms with Crippen molar-refractivity contribution < 1.29 is 8.42 Å². The minimum absolute atomic E-state index is 0.00531. The second-order valence-electron chi connectivity index (χ2n) is 6.12. The lowest BCUT2D eigenvalue weighted by molar-refractivity contribution is 0.598. The second kappa shape index (κ2) is 7.75. The van der Waals surface area contributed by atoms with Crippen molar-refractivity contribution in [3.8, 4) is 5.69 Å². The number of sulfonamides is 1. The van der Waals surface area contributed by atoms with E-state index in [9.17, 15) is 13.2 Å². The number of hydrogen-bond acceptors (Lipinski definition) is 6. The van der Waals surface area contributed by atoms with Crippen molar-refractivity contribution in [2.45, 2.75) is 15.8 Å². The number of rotatable bonds is 5. The van der Waals surface area contributed by atoms with E-state index in [-0.39, 0.29) is 10.5 Å². The van der Waals surface area contributed by atoms with Crippen molar-refractivity contribution in [1.82, 2.24) is 19.7 Å². The number of halogens is 1. The van der Waals surface area contributed by atoms with Crippen molar-refractivity contribution in [2.24, 2.45) is 5.14 Å². The maximum atomic E-state index is 12.4. The first kappa shape index (κ1) is 19.8. The summed E-state index contributed by atoms with van der Waals surface area (Å²) in [5.74, 6) is 0.638. The molecule has 2 aromatic heterocycles. The highest BCUT2D eigenvalue weighted by atomic mass is 79.9. The highest BCUT2D eigenvalue weighted by Gasteiger charge is 2.13. The Bertz CT molecular complexity index is 1350. The van der Waals surface area contributed by atoms with E-state index in [1.807, 2.05) is 24.3 Å². The van der Waals surface area contributed by atoms with Gasteiger partial charge in [0, 0.05) is 10.2 Å². The molecule has 2 heterocycles. The maximum absolute atomic E-state index is 12.4. The number of primary sulfonamides is 1. The van der Waals surface area contributed by atoms with E-state index in [4.69, 9.17) is 5.14 Å². The molecule has 4 rings (SSSR count). The van der Waals surface area contributed by atoms with E-state index in [1.54, 1.807) is 12.1 Å². The van der Waals surface area contributed by atoms with Gasteiger partial charge in [-0.2, -0.15) is 5.10 Å². The number of nitrogens with two attached hydrogens (primary N) is 1. The summed E-state index contributed by atoms with van der Waals surface area (Å²) in [5, 5.41) is 10.2. The number of aromatic nitrogens is 4. The molecule has 11 heteroatoms. The normalized spacial score (nSPS) is 11.8. The molecular formula is C18H14BrN5O3S2. The van der Waals surface area contributed by atoms with Crippen LogP contribution < -0.4 is 10.7 Å². The van der Waals surface area contributed by atoms with E-state index in [2.05, 4.69) is 31.0 Å². The zero-order chi connectivity index (χ0) is 20.6. The Morgan fingerprint density at radius 3 is 2.45 bits per heavy atom. The van der Waals surface area contributed by atoms with E-state index < -0.39 is 10.0 Å². The third-order valence-electron chi connectivity index (χ3n) is 4.12. The maximum Gasteiger partial charge on any atom is 0.262 e. The molecule has 0 amide bonds. The zero-order valence-electron chi connectivity index (χ0n) is 14.7. The van der Waals surface area contributed by atoms with Crippen LogP contribution in [0.5, 0.6) is 0 Å². The number of fused-ring (bicyclic) bond motifs is 1. The molecular weight excluding hydrogens is 478 g/mol. The molecule has 2 aromatic carbocycles. The van der Waals surface area contributed by atoms with Crippen LogP contribution in [0.4, 0.5) is 0 Å². The van der Waals surface area contributed by atoms with Crippen molar-refractivity contribution in [3.05, 3.63) is 75.1 Å². The Morgan fingerprint density at radius 2 is 1.79 bits per heavy atom. The molecule has 148 valence electrons. The first-order chi connectivity index (χ1) is 13.8. The van der Waals surface area contributed by atoms with Gasteiger partial charge in [0.05, 0.1) is 16.8 Å². The summed E-state index contributed by atoms with van der Waals surface area (Å²) in [7, 11) is -3.79. The molecule has 0 atom stereocenters. The number of nitrogens with zero attached hydrogens (tertiary/aromatic N) is 3. The van der Waals surface area contributed by atoms with Crippen LogP contribution in [0.25, 0.3) is 16.7 Å². The Kier molecular flexibility index (Phi) is 5.30. The van der Waals surface area contributed by atoms with Gasteiger partial charge in [0.1, 0.15) is 5.39 Å². The molecule has 0 bridgehead atoms. The predicted octanol–water partition coefficient (Wildman–Crippen LogP) is 2.81. The largest absolute Gasteiger partial charge is 0.301 e. The molecule has 0 aliphatic rings. The number of benzene rings is 2. The molecule has 0 aliphatic heterocycles. The molecule has 3 N–H and O–H groups in total. The van der Waals surface area contributed by atoms with Crippen molar-refractivity contribution in [1.29, 1.82) is 0 Å². The summed E-state index contributed by atoms with van der Waals surface area (Å²) < 4.78 is 25.3. The Morgan fingerprint density at radius 1 is 1.10 bits per heavy atom. The molecule has 0 aliphatic carbocycles. The molecule has 8 nitrogen and oxygen atoms in total. The first-order valence-electron chi connectivity index (χ1n) is 8.30. The average molecular weight is 492 g/mol. The van der Waals surface area contributed by atoms with E-state index in [0.29, 0.717) is 27.6 Å². The molecule has 0 radical (unpaired) electrons. The van der Waals surface area contributed by atoms with E-state index in [1.165, 1.54) is 34.8 Å². The van der Waals surface area contributed by atoms with Crippen LogP contribution >= 0.6 is 27.7 Å². The van der Waals surface area contributed by atoms with E-state index >= 15 is 0 Å². The molecule has 0 unspecified atom stereocenters. The monoisotopic (exact) mass is 491 g/mol. The fourth-order valence-corrected chi connectivity index (χ4v) is 4.26. The van der Waals surface area contributed by atoms with E-state index in [0.717, 1.165) is 10.0 Å². The van der Waals surface area contributed by atoms with Crippen molar-refractivity contribution in [3.63, 3.8) is 0 Å². The first-order valence-corrected chi connectivity index (χ1v) is 11.6. The van der Waals surface area contributed by atoms with Crippen LogP contribution in [-0.4, -0.2) is 28.2 Å². The van der Waals surface area contributed by atoms with Gasteiger partial charge in [-0.05, 0) is 42.0 Å². The summed E-state index contributed by atoms with van der Waals surface area (Å²) in [6.07, 6.45) is 1.43. The summed E-state index contributed by atoms with van der Waals surface area (Å²) >= 11 is 4.80. The molecule has 0 saturated heterocycles. The van der Waals surface area contributed by atoms with Crippen LogP contribution in [0, 0.1) is 0 Å². The molecule has 0 fully saturated rings. The lowest BCUT2D eigenvalue weighted by atomic mass is 10.2. The summed E-state index contributed by atoms with van der Waals surface area (Å²) in [4.78, 5) is 19.7. The Hall–Kier alpha value is -2.47. The SMILES string of the molecule is NS(=O)(=O)c1ccc(-n2ncc3c(=O)[nH]c(SCc4ccc(Br)cc4)nc32)cc1. The Balaban J connectivity index is 1.67. The highest BCUT2D eigenvalue weighted by molar-refractivity contribution is 9.10. The standard InChI is InChI=1S/C18H14BrN5O3S2/c19-12-3-1-11(2-4-12)10-28-18-22-16-15(17(25)23-18)9-21-24(16)13-5-7-14(8-6-13)29(20,26)27/h1-9H,10H2,(H2,20,26,27)(H,22,23,25). The Labute approximate surface area is 178 Å². The third kappa shape index (κ3) is 4.27. The van der Waals surface area contributed by atoms with Gasteiger partial charge in [0.25, 0.3) is 5.56 Å². The van der Waals surface area contributed by atoms with Crippen LogP contribution in [0.2, 0.25) is 0 Å². The third-order valence-corrected chi connectivity index (χ3v) is 6.52. The number of aromatic amines is 1. The highest BCUT2D eigenvalue weighted by Crippen LogP contribution is 2.22. The van der Waals surface area contributed by atoms with Gasteiger partial charge in [0.15, 0.2) is 10.8 Å². The lowest BCUT2D eigenvalue weighted by Crippen LogP contribution is -2.12. The average Bonchev–Trinajstić information content (AvgIpc) is 3.11. The summed E-state index contributed by atoms with van der Waals surface area (Å²) in [6, 6.07) is 13.8. The van der Waals surface area contributed by atoms with Gasteiger partial charge >= 0.3 is 0 Å². The van der Waals surface area contributed by atoms with Gasteiger partial charge in [-0.25, -0.2) is 23.2 Å². The van der Waals surface area contributed by atoms with Crippen LogP contribution in [0.3, 0.4) is 0 Å². The van der Waals surface area contributed by atoms with Gasteiger partial charge in [0.2, 0.25) is 10.0 Å². The van der Waals surface area contributed by atoms with Gasteiger partial charge in [-0.1, -0.05) is 39.8 Å². The van der Waals surface area contributed by atoms with Gasteiger partial charge in [-0.3, -0.25) is 4.79 Å². The number of H-pyrrole nitrogens is 1.